The largest absolute Gasteiger partial charge is 0.456 e. The van der Waals surface area contributed by atoms with Gasteiger partial charge in [-0.05, 0) is 43.8 Å². The van der Waals surface area contributed by atoms with E-state index in [1.54, 1.807) is 12.1 Å². The van der Waals surface area contributed by atoms with Crippen LogP contribution in [0.15, 0.2) is 48.5 Å². The highest BCUT2D eigenvalue weighted by molar-refractivity contribution is 5.45. The van der Waals surface area contributed by atoms with Crippen LogP contribution in [0.3, 0.4) is 0 Å². The van der Waals surface area contributed by atoms with E-state index in [1.165, 1.54) is 5.56 Å². The molecule has 0 saturated carbocycles. The fourth-order valence-corrected chi connectivity index (χ4v) is 1.77. The van der Waals surface area contributed by atoms with Crippen LogP contribution in [-0.4, -0.2) is 7.05 Å². The molecule has 96 valence electrons. The maximum atomic E-state index is 9.01. The third-order valence-corrected chi connectivity index (χ3v) is 3.05. The first-order valence-corrected chi connectivity index (χ1v) is 6.19. The van der Waals surface area contributed by atoms with Gasteiger partial charge in [0.25, 0.3) is 0 Å². The minimum Gasteiger partial charge on any atom is -0.456 e. The molecular weight excluding hydrogens is 236 g/mol. The van der Waals surface area contributed by atoms with Crippen molar-refractivity contribution >= 4 is 0 Å². The lowest BCUT2D eigenvalue weighted by molar-refractivity contribution is 0.480. The van der Waals surface area contributed by atoms with Gasteiger partial charge in [-0.15, -0.1) is 0 Å². The van der Waals surface area contributed by atoms with E-state index in [9.17, 15) is 0 Å². The second kappa shape index (κ2) is 6.03. The molecule has 1 N–H and O–H groups in total. The summed E-state index contributed by atoms with van der Waals surface area (Å²) in [7, 11) is 1.93. The van der Waals surface area contributed by atoms with Crippen molar-refractivity contribution in [3.8, 4) is 17.6 Å². The van der Waals surface area contributed by atoms with Gasteiger partial charge in [0.05, 0.1) is 5.56 Å². The summed E-state index contributed by atoms with van der Waals surface area (Å²) in [6.07, 6.45) is 0. The molecule has 0 heterocycles. The minimum atomic E-state index is 0.306. The first-order chi connectivity index (χ1) is 9.24. The Balaban J connectivity index is 2.18. The fourth-order valence-electron chi connectivity index (χ4n) is 1.77. The molecule has 0 aliphatic heterocycles. The Hall–Kier alpha value is -2.31. The molecule has 3 heteroatoms. The normalized spacial score (nSPS) is 11.6. The number of hydrogen-bond donors (Lipinski definition) is 1. The molecule has 0 spiro atoms. The van der Waals surface area contributed by atoms with Crippen molar-refractivity contribution < 1.29 is 4.74 Å². The molecule has 0 aromatic heterocycles. The van der Waals surface area contributed by atoms with Gasteiger partial charge in [0.2, 0.25) is 0 Å². The van der Waals surface area contributed by atoms with Gasteiger partial charge in [-0.1, -0.05) is 24.3 Å². The quantitative estimate of drug-likeness (QED) is 0.903. The maximum absolute atomic E-state index is 9.01. The van der Waals surface area contributed by atoms with Crippen molar-refractivity contribution in [3.05, 3.63) is 59.7 Å². The van der Waals surface area contributed by atoms with Crippen LogP contribution in [0.1, 0.15) is 24.1 Å². The van der Waals surface area contributed by atoms with Crippen molar-refractivity contribution in [1.29, 1.82) is 5.26 Å². The van der Waals surface area contributed by atoms with E-state index in [4.69, 9.17) is 10.00 Å². The topological polar surface area (TPSA) is 45.0 Å². The molecule has 0 saturated heterocycles. The summed E-state index contributed by atoms with van der Waals surface area (Å²) in [5.74, 6) is 1.31. The first-order valence-electron chi connectivity index (χ1n) is 6.19. The number of ether oxygens (including phenoxy) is 1. The van der Waals surface area contributed by atoms with Crippen molar-refractivity contribution in [3.63, 3.8) is 0 Å². The van der Waals surface area contributed by atoms with E-state index >= 15 is 0 Å². The number of benzene rings is 2. The zero-order chi connectivity index (χ0) is 13.7. The molecule has 0 aliphatic carbocycles. The van der Waals surface area contributed by atoms with Crippen LogP contribution in [-0.2, 0) is 0 Å². The van der Waals surface area contributed by atoms with Gasteiger partial charge in [-0.2, -0.15) is 5.26 Å². The van der Waals surface area contributed by atoms with E-state index in [2.05, 4.69) is 18.3 Å². The molecular formula is C16H16N2O. The number of para-hydroxylation sites is 1. The highest BCUT2D eigenvalue weighted by Crippen LogP contribution is 2.25. The summed E-state index contributed by atoms with van der Waals surface area (Å²) >= 11 is 0. The van der Waals surface area contributed by atoms with Crippen molar-refractivity contribution in [2.24, 2.45) is 0 Å². The van der Waals surface area contributed by atoms with E-state index < -0.39 is 0 Å². The Morgan fingerprint density at radius 1 is 1.11 bits per heavy atom. The number of hydrogen-bond acceptors (Lipinski definition) is 3. The van der Waals surface area contributed by atoms with Crippen LogP contribution in [0.25, 0.3) is 0 Å². The molecule has 2 aromatic rings. The van der Waals surface area contributed by atoms with Crippen LogP contribution < -0.4 is 10.1 Å². The molecule has 1 unspecified atom stereocenters. The highest BCUT2D eigenvalue weighted by Gasteiger charge is 2.05. The van der Waals surface area contributed by atoms with Crippen molar-refractivity contribution in [1.82, 2.24) is 5.32 Å². The van der Waals surface area contributed by atoms with Gasteiger partial charge in [0, 0.05) is 6.04 Å². The average Bonchev–Trinajstić information content (AvgIpc) is 2.48. The Bertz CT molecular complexity index is 584. The number of rotatable bonds is 4. The minimum absolute atomic E-state index is 0.306. The smallest absolute Gasteiger partial charge is 0.145 e. The van der Waals surface area contributed by atoms with Gasteiger partial charge >= 0.3 is 0 Å². The van der Waals surface area contributed by atoms with Gasteiger partial charge in [0.15, 0.2) is 0 Å². The number of nitrogens with one attached hydrogen (secondary N) is 1. The number of nitriles is 1. The van der Waals surface area contributed by atoms with E-state index in [-0.39, 0.29) is 0 Å². The third-order valence-electron chi connectivity index (χ3n) is 3.05. The molecule has 0 amide bonds. The Kier molecular flexibility index (Phi) is 4.17. The van der Waals surface area contributed by atoms with Crippen LogP contribution in [0.5, 0.6) is 11.5 Å². The maximum Gasteiger partial charge on any atom is 0.145 e. The highest BCUT2D eigenvalue weighted by atomic mass is 16.5. The fraction of sp³-hybridized carbons (Fsp3) is 0.188. The summed E-state index contributed by atoms with van der Waals surface area (Å²) in [5, 5.41) is 12.2. The monoisotopic (exact) mass is 252 g/mol. The SMILES string of the molecule is CNC(C)c1ccc(Oc2ccccc2C#N)cc1. The Morgan fingerprint density at radius 3 is 2.42 bits per heavy atom. The van der Waals surface area contributed by atoms with Crippen LogP contribution in [0, 0.1) is 11.3 Å². The molecule has 0 bridgehead atoms. The lowest BCUT2D eigenvalue weighted by atomic mass is 10.1. The summed E-state index contributed by atoms with van der Waals surface area (Å²) in [4.78, 5) is 0. The second-order valence-corrected chi connectivity index (χ2v) is 4.29. The van der Waals surface area contributed by atoms with E-state index in [1.807, 2.05) is 43.4 Å². The number of nitrogens with zero attached hydrogens (tertiary/aromatic N) is 1. The van der Waals surface area contributed by atoms with Gasteiger partial charge < -0.3 is 10.1 Å². The second-order valence-electron chi connectivity index (χ2n) is 4.29. The summed E-state index contributed by atoms with van der Waals surface area (Å²) < 4.78 is 5.73. The van der Waals surface area contributed by atoms with Gasteiger partial charge in [0.1, 0.15) is 17.6 Å². The van der Waals surface area contributed by atoms with Gasteiger partial charge in [-0.3, -0.25) is 0 Å². The zero-order valence-corrected chi connectivity index (χ0v) is 11.1. The third kappa shape index (κ3) is 3.12. The summed E-state index contributed by atoms with van der Waals surface area (Å²) in [6.45, 7) is 2.10. The molecule has 2 rings (SSSR count). The van der Waals surface area contributed by atoms with Crippen molar-refractivity contribution in [2.75, 3.05) is 7.05 Å². The molecule has 1 atom stereocenters. The summed E-state index contributed by atoms with van der Waals surface area (Å²) in [5.41, 5.74) is 1.73. The molecule has 3 nitrogen and oxygen atoms in total. The molecule has 0 fully saturated rings. The van der Waals surface area contributed by atoms with E-state index in [0.717, 1.165) is 5.75 Å². The first kappa shape index (κ1) is 13.1. The predicted octanol–water partition coefficient (Wildman–Crippen LogP) is 3.63. The predicted molar refractivity (Wildman–Crippen MR) is 75.1 cm³/mol. The lowest BCUT2D eigenvalue weighted by Crippen LogP contribution is -2.11. The van der Waals surface area contributed by atoms with Crippen molar-refractivity contribution in [2.45, 2.75) is 13.0 Å². The average molecular weight is 252 g/mol. The summed E-state index contributed by atoms with van der Waals surface area (Å²) in [6, 6.07) is 17.5. The Morgan fingerprint density at radius 2 is 1.79 bits per heavy atom. The standard InChI is InChI=1S/C16H16N2O/c1-12(18-2)13-7-9-15(10-8-13)19-16-6-4-3-5-14(16)11-17/h3-10,12,18H,1-2H3. The lowest BCUT2D eigenvalue weighted by Gasteiger charge is -2.12. The molecule has 19 heavy (non-hydrogen) atoms. The van der Waals surface area contributed by atoms with Gasteiger partial charge in [-0.25, -0.2) is 0 Å². The van der Waals surface area contributed by atoms with Crippen LogP contribution >= 0.6 is 0 Å². The molecule has 2 aromatic carbocycles. The van der Waals surface area contributed by atoms with E-state index in [0.29, 0.717) is 17.4 Å². The molecule has 0 radical (unpaired) electrons. The van der Waals surface area contributed by atoms with Crippen LogP contribution in [0.4, 0.5) is 0 Å². The zero-order valence-electron chi connectivity index (χ0n) is 11.1. The Labute approximate surface area is 113 Å². The molecule has 0 aliphatic rings. The van der Waals surface area contributed by atoms with Crippen LogP contribution in [0.2, 0.25) is 0 Å².